The minimum atomic E-state index is -0.146. The first-order valence-electron chi connectivity index (χ1n) is 26.7. The van der Waals surface area contributed by atoms with Crippen molar-refractivity contribution in [1.82, 2.24) is 0 Å². The van der Waals surface area contributed by atoms with Crippen LogP contribution in [0.15, 0.2) is 217 Å². The van der Waals surface area contributed by atoms with Gasteiger partial charge < -0.3 is 19.1 Å². The van der Waals surface area contributed by atoms with Crippen molar-refractivity contribution in [3.05, 3.63) is 223 Å². The fraction of sp³-hybridized carbons (Fsp3) is 0.130. The van der Waals surface area contributed by atoms with Gasteiger partial charge in [0, 0.05) is 65.8 Å². The molecule has 1 saturated carbocycles. The van der Waals surface area contributed by atoms with Gasteiger partial charge in [0.05, 0.1) is 21.6 Å². The Morgan fingerprint density at radius 2 is 1.11 bits per heavy atom. The van der Waals surface area contributed by atoms with Crippen molar-refractivity contribution >= 4 is 122 Å². The number of fused-ring (bicyclic) bond motifs is 13. The molecule has 4 aliphatic rings. The van der Waals surface area contributed by atoms with Gasteiger partial charge in [0.1, 0.15) is 5.58 Å². The van der Waals surface area contributed by atoms with Crippen LogP contribution in [0.1, 0.15) is 50.7 Å². The van der Waals surface area contributed by atoms with Gasteiger partial charge in [-0.3, -0.25) is 0 Å². The zero-order chi connectivity index (χ0) is 49.7. The highest BCUT2D eigenvalue weighted by Crippen LogP contribution is 2.62. The molecule has 2 unspecified atom stereocenters. The van der Waals surface area contributed by atoms with Crippen LogP contribution in [0.25, 0.3) is 64.4 Å². The molecule has 358 valence electrons. The van der Waals surface area contributed by atoms with E-state index in [1.165, 1.54) is 123 Å². The molecule has 0 amide bonds. The normalized spacial score (nSPS) is 18.4. The molecule has 4 nitrogen and oxygen atoms in total. The molecule has 0 bridgehead atoms. The fourth-order valence-corrected chi connectivity index (χ4v) is 15.6. The van der Waals surface area contributed by atoms with Gasteiger partial charge in [0.15, 0.2) is 5.58 Å². The number of hydrogen-bond donors (Lipinski definition) is 0. The van der Waals surface area contributed by atoms with Gasteiger partial charge in [-0.25, -0.2) is 0 Å². The van der Waals surface area contributed by atoms with Crippen LogP contribution >= 0.6 is 11.3 Å². The first-order chi connectivity index (χ1) is 36.8. The largest absolute Gasteiger partial charge is 0.454 e. The average molecular weight is 982 g/mol. The lowest BCUT2D eigenvalue weighted by atomic mass is 9.33. The minimum Gasteiger partial charge on any atom is -0.454 e. The number of nitrogens with zero attached hydrogens (tertiary/aromatic N) is 3. The molecule has 2 atom stereocenters. The highest BCUT2D eigenvalue weighted by Gasteiger charge is 2.58. The lowest BCUT2D eigenvalue weighted by Crippen LogP contribution is -2.61. The van der Waals surface area contributed by atoms with E-state index in [9.17, 15) is 0 Å². The second-order valence-electron chi connectivity index (χ2n) is 22.0. The number of benzene rings is 10. The summed E-state index contributed by atoms with van der Waals surface area (Å²) in [5.74, 6) is 0. The molecule has 16 rings (SSSR count). The Kier molecular flexibility index (Phi) is 9.11. The summed E-state index contributed by atoms with van der Waals surface area (Å²) in [4.78, 5) is 7.93. The first-order valence-corrected chi connectivity index (χ1v) is 27.6. The maximum Gasteiger partial charge on any atom is 0.252 e. The molecule has 0 spiro atoms. The lowest BCUT2D eigenvalue weighted by Gasteiger charge is -2.50. The second-order valence-corrected chi connectivity index (χ2v) is 23.0. The van der Waals surface area contributed by atoms with Crippen molar-refractivity contribution in [2.24, 2.45) is 0 Å². The van der Waals surface area contributed by atoms with E-state index in [1.54, 1.807) is 0 Å². The third-order valence-corrected chi connectivity index (χ3v) is 19.2. The standard InChI is InChI=1S/C69H52BN3OS/c1-43-38-61-65-62(39-43)72(58-26-16-24-51-49-22-10-12-28-63(49)74-66(51)58)60-42-48(73-56-34-30-46(44-18-6-4-7-19-44)40-53(56)68(2)36-14-15-37-69(68,73)3)32-33-54(60)70(65)55-41-47(45-20-8-5-9-21-45)31-35-57(55)71(61)59-27-17-25-52-50-23-11-13-29-64(50)75-67(52)59/h4-13,16-35,38-42H,14-15,36-37H2,1-3H3. The maximum atomic E-state index is 7.05. The molecule has 2 aromatic heterocycles. The summed E-state index contributed by atoms with van der Waals surface area (Å²) in [5.41, 5.74) is 22.7. The number of para-hydroxylation sites is 2. The monoisotopic (exact) mass is 981 g/mol. The summed E-state index contributed by atoms with van der Waals surface area (Å²) in [7, 11) is 0. The predicted octanol–water partition coefficient (Wildman–Crippen LogP) is 17.4. The van der Waals surface area contributed by atoms with Gasteiger partial charge in [-0.15, -0.1) is 11.3 Å². The lowest BCUT2D eigenvalue weighted by molar-refractivity contribution is 0.195. The van der Waals surface area contributed by atoms with E-state index in [2.05, 4.69) is 248 Å². The van der Waals surface area contributed by atoms with Crippen molar-refractivity contribution in [1.29, 1.82) is 0 Å². The molecule has 75 heavy (non-hydrogen) atoms. The molecule has 1 aliphatic carbocycles. The number of aryl methyl sites for hydroxylation is 1. The molecule has 0 N–H and O–H groups in total. The Balaban J connectivity index is 0.987. The number of anilines is 8. The topological polar surface area (TPSA) is 22.9 Å². The van der Waals surface area contributed by atoms with E-state index < -0.39 is 0 Å². The SMILES string of the molecule is Cc1cc2c3c(c1)N(c1cccc4c1sc1ccccc14)c1ccc(-c4ccccc4)cc1B3c1ccc(N3c4ccc(-c5ccccc5)cc4C4(C)CCCCC34C)cc1N2c1cccc2c1oc1ccccc12. The van der Waals surface area contributed by atoms with Crippen LogP contribution in [0.5, 0.6) is 0 Å². The van der Waals surface area contributed by atoms with Gasteiger partial charge in [-0.1, -0.05) is 165 Å². The second kappa shape index (κ2) is 15.8. The zero-order valence-corrected chi connectivity index (χ0v) is 43.1. The van der Waals surface area contributed by atoms with Crippen LogP contribution in [0.4, 0.5) is 45.5 Å². The minimum absolute atomic E-state index is 0.0453. The predicted molar refractivity (Wildman–Crippen MR) is 319 cm³/mol. The molecule has 0 saturated heterocycles. The third kappa shape index (κ3) is 6.00. The molecule has 1 fully saturated rings. The molecule has 3 aliphatic heterocycles. The third-order valence-electron chi connectivity index (χ3n) is 18.0. The van der Waals surface area contributed by atoms with E-state index in [4.69, 9.17) is 4.42 Å². The molecular formula is C69H52BN3OS. The van der Waals surface area contributed by atoms with Crippen molar-refractivity contribution in [2.45, 2.75) is 57.4 Å². The molecule has 10 aromatic carbocycles. The van der Waals surface area contributed by atoms with Crippen molar-refractivity contribution < 1.29 is 4.42 Å². The summed E-state index contributed by atoms with van der Waals surface area (Å²) >= 11 is 1.90. The van der Waals surface area contributed by atoms with Gasteiger partial charge in [0.2, 0.25) is 0 Å². The summed E-state index contributed by atoms with van der Waals surface area (Å²) in [6.07, 6.45) is 4.70. The van der Waals surface area contributed by atoms with Crippen LogP contribution in [-0.4, -0.2) is 12.3 Å². The Labute approximate surface area is 441 Å². The van der Waals surface area contributed by atoms with Crippen molar-refractivity contribution in [3.63, 3.8) is 0 Å². The van der Waals surface area contributed by atoms with E-state index in [-0.39, 0.29) is 17.7 Å². The van der Waals surface area contributed by atoms with E-state index in [0.29, 0.717) is 0 Å². The Hall–Kier alpha value is -8.32. The smallest absolute Gasteiger partial charge is 0.252 e. The highest BCUT2D eigenvalue weighted by molar-refractivity contribution is 7.26. The van der Waals surface area contributed by atoms with Crippen LogP contribution in [0, 0.1) is 6.92 Å². The van der Waals surface area contributed by atoms with Crippen LogP contribution < -0.4 is 31.1 Å². The summed E-state index contributed by atoms with van der Waals surface area (Å²) in [6, 6.07) is 79.8. The Morgan fingerprint density at radius 3 is 1.89 bits per heavy atom. The Morgan fingerprint density at radius 1 is 0.467 bits per heavy atom. The molecular weight excluding hydrogens is 930 g/mol. The zero-order valence-electron chi connectivity index (χ0n) is 42.3. The van der Waals surface area contributed by atoms with E-state index >= 15 is 0 Å². The average Bonchev–Trinajstić information content (AvgIpc) is 4.16. The first kappa shape index (κ1) is 43.1. The molecule has 12 aromatic rings. The van der Waals surface area contributed by atoms with E-state index in [1.807, 2.05) is 11.3 Å². The van der Waals surface area contributed by atoms with Crippen LogP contribution in [-0.2, 0) is 5.41 Å². The molecule has 5 heterocycles. The van der Waals surface area contributed by atoms with Crippen LogP contribution in [0.3, 0.4) is 0 Å². The van der Waals surface area contributed by atoms with Gasteiger partial charge in [-0.2, -0.15) is 0 Å². The van der Waals surface area contributed by atoms with Gasteiger partial charge in [-0.05, 0) is 143 Å². The summed E-state index contributed by atoms with van der Waals surface area (Å²) in [6.45, 7) is 7.32. The van der Waals surface area contributed by atoms with Gasteiger partial charge >= 0.3 is 0 Å². The number of rotatable bonds is 5. The van der Waals surface area contributed by atoms with Crippen molar-refractivity contribution in [3.8, 4) is 22.3 Å². The molecule has 6 heteroatoms. The summed E-state index contributed by atoms with van der Waals surface area (Å²) < 4.78 is 9.64. The maximum absolute atomic E-state index is 7.05. The quantitative estimate of drug-likeness (QED) is 0.160. The number of thiophene rings is 1. The Bertz CT molecular complexity index is 4350. The van der Waals surface area contributed by atoms with Crippen LogP contribution in [0.2, 0.25) is 0 Å². The van der Waals surface area contributed by atoms with Gasteiger partial charge in [0.25, 0.3) is 6.71 Å². The number of furan rings is 1. The number of hydrogen-bond acceptors (Lipinski definition) is 5. The van der Waals surface area contributed by atoms with E-state index in [0.717, 1.165) is 40.5 Å². The highest BCUT2D eigenvalue weighted by atomic mass is 32.1. The molecule has 0 radical (unpaired) electrons. The van der Waals surface area contributed by atoms with Crippen molar-refractivity contribution in [2.75, 3.05) is 14.7 Å². The summed E-state index contributed by atoms with van der Waals surface area (Å²) in [5, 5.41) is 4.84. The fourth-order valence-electron chi connectivity index (χ4n) is 14.4.